The molecule has 1 aliphatic carbocycles. The standard InChI is InChI=1S/C20H31N3O2S/c1-4-21-18(23-13-14-26(24,25)19(2,3)16-23)22-15-20(11-8-12-20)17-9-6-5-7-10-17/h5-7,9-10H,4,8,11-16H2,1-3H3,(H,21,22). The van der Waals surface area contributed by atoms with Crippen molar-refractivity contribution in [2.24, 2.45) is 4.99 Å². The third-order valence-corrected chi connectivity index (χ3v) is 8.44. The fraction of sp³-hybridized carbons (Fsp3) is 0.650. The molecule has 0 spiro atoms. The molecule has 3 rings (SSSR count). The molecule has 1 saturated heterocycles. The van der Waals surface area contributed by atoms with Gasteiger partial charge in [0.25, 0.3) is 0 Å². The zero-order chi connectivity index (χ0) is 18.8. The Bertz CT molecular complexity index is 753. The Morgan fingerprint density at radius 1 is 1.23 bits per heavy atom. The maximum absolute atomic E-state index is 12.3. The van der Waals surface area contributed by atoms with Crippen molar-refractivity contribution in [2.45, 2.75) is 50.2 Å². The van der Waals surface area contributed by atoms with Crippen molar-refractivity contribution in [3.05, 3.63) is 35.9 Å². The zero-order valence-electron chi connectivity index (χ0n) is 16.2. The molecule has 1 N–H and O–H groups in total. The molecule has 2 aliphatic rings. The van der Waals surface area contributed by atoms with Crippen LogP contribution in [0.3, 0.4) is 0 Å². The Hall–Kier alpha value is -1.56. The van der Waals surface area contributed by atoms with E-state index in [1.807, 2.05) is 13.8 Å². The van der Waals surface area contributed by atoms with Gasteiger partial charge in [-0.15, -0.1) is 0 Å². The lowest BCUT2D eigenvalue weighted by molar-refractivity contribution is 0.251. The second-order valence-electron chi connectivity index (χ2n) is 8.17. The van der Waals surface area contributed by atoms with Gasteiger partial charge >= 0.3 is 0 Å². The molecular formula is C20H31N3O2S. The van der Waals surface area contributed by atoms with E-state index in [9.17, 15) is 8.42 Å². The monoisotopic (exact) mass is 377 g/mol. The lowest BCUT2D eigenvalue weighted by Gasteiger charge is -2.42. The average Bonchev–Trinajstić information content (AvgIpc) is 2.56. The minimum atomic E-state index is -3.05. The molecule has 0 unspecified atom stereocenters. The molecule has 0 bridgehead atoms. The predicted molar refractivity (Wildman–Crippen MR) is 107 cm³/mol. The van der Waals surface area contributed by atoms with E-state index in [1.165, 1.54) is 24.8 Å². The first kappa shape index (κ1) is 19.2. The van der Waals surface area contributed by atoms with Crippen LogP contribution in [-0.4, -0.2) is 56.0 Å². The van der Waals surface area contributed by atoms with Crippen LogP contribution < -0.4 is 5.32 Å². The van der Waals surface area contributed by atoms with Crippen molar-refractivity contribution < 1.29 is 8.42 Å². The van der Waals surface area contributed by atoms with Crippen LogP contribution in [0, 0.1) is 0 Å². The van der Waals surface area contributed by atoms with Crippen molar-refractivity contribution in [2.75, 3.05) is 31.9 Å². The lowest BCUT2D eigenvalue weighted by atomic mass is 9.64. The SMILES string of the molecule is CCNC(=NCC1(c2ccccc2)CCC1)N1CCS(=O)(=O)C(C)(C)C1. The molecule has 0 aromatic heterocycles. The molecule has 1 aliphatic heterocycles. The lowest BCUT2D eigenvalue weighted by Crippen LogP contribution is -2.57. The van der Waals surface area contributed by atoms with Crippen molar-refractivity contribution in [3.63, 3.8) is 0 Å². The Labute approximate surface area is 157 Å². The minimum absolute atomic E-state index is 0.138. The van der Waals surface area contributed by atoms with Crippen molar-refractivity contribution in [3.8, 4) is 0 Å². The summed E-state index contributed by atoms with van der Waals surface area (Å²) in [4.78, 5) is 7.07. The first-order valence-electron chi connectivity index (χ1n) is 9.61. The number of sulfone groups is 1. The highest BCUT2D eigenvalue weighted by Gasteiger charge is 2.42. The number of rotatable bonds is 4. The van der Waals surface area contributed by atoms with Gasteiger partial charge in [-0.2, -0.15) is 0 Å². The van der Waals surface area contributed by atoms with Gasteiger partial charge in [-0.05, 0) is 39.2 Å². The largest absolute Gasteiger partial charge is 0.357 e. The summed E-state index contributed by atoms with van der Waals surface area (Å²) < 4.78 is 23.9. The van der Waals surface area contributed by atoms with E-state index in [2.05, 4.69) is 47.5 Å². The summed E-state index contributed by atoms with van der Waals surface area (Å²) in [5, 5.41) is 3.37. The summed E-state index contributed by atoms with van der Waals surface area (Å²) in [5.74, 6) is 1.03. The van der Waals surface area contributed by atoms with Gasteiger partial charge in [0.1, 0.15) is 0 Å². The highest BCUT2D eigenvalue weighted by atomic mass is 32.2. The third-order valence-electron chi connectivity index (χ3n) is 5.91. The number of guanidine groups is 1. The summed E-state index contributed by atoms with van der Waals surface area (Å²) in [6, 6.07) is 10.7. The predicted octanol–water partition coefficient (Wildman–Crippen LogP) is 2.58. The van der Waals surface area contributed by atoms with E-state index in [4.69, 9.17) is 4.99 Å². The molecule has 1 aromatic carbocycles. The second kappa shape index (κ2) is 7.22. The first-order valence-corrected chi connectivity index (χ1v) is 11.3. The van der Waals surface area contributed by atoms with Crippen molar-refractivity contribution in [1.29, 1.82) is 0 Å². The van der Waals surface area contributed by atoms with Crippen molar-refractivity contribution >= 4 is 15.8 Å². The van der Waals surface area contributed by atoms with Gasteiger partial charge in [-0.1, -0.05) is 36.8 Å². The third kappa shape index (κ3) is 3.61. The van der Waals surface area contributed by atoms with Gasteiger partial charge in [0.2, 0.25) is 0 Å². The van der Waals surface area contributed by atoms with Crippen LogP contribution >= 0.6 is 0 Å². The van der Waals surface area contributed by atoms with E-state index < -0.39 is 14.6 Å². The Morgan fingerprint density at radius 3 is 2.46 bits per heavy atom. The number of nitrogens with zero attached hydrogens (tertiary/aromatic N) is 2. The van der Waals surface area contributed by atoms with E-state index >= 15 is 0 Å². The first-order chi connectivity index (χ1) is 12.3. The summed E-state index contributed by atoms with van der Waals surface area (Å²) >= 11 is 0. The normalized spacial score (nSPS) is 24.0. The molecule has 0 amide bonds. The molecule has 0 atom stereocenters. The molecule has 144 valence electrons. The minimum Gasteiger partial charge on any atom is -0.357 e. The van der Waals surface area contributed by atoms with Gasteiger partial charge in [0.05, 0.1) is 17.0 Å². The Morgan fingerprint density at radius 2 is 1.92 bits per heavy atom. The van der Waals surface area contributed by atoms with E-state index in [0.717, 1.165) is 19.0 Å². The van der Waals surface area contributed by atoms with Crippen LogP contribution in [0.2, 0.25) is 0 Å². The van der Waals surface area contributed by atoms with Gasteiger partial charge in [0.15, 0.2) is 15.8 Å². The summed E-state index contributed by atoms with van der Waals surface area (Å²) in [7, 11) is -3.05. The number of hydrogen-bond acceptors (Lipinski definition) is 3. The van der Waals surface area contributed by atoms with Gasteiger partial charge in [0, 0.05) is 25.0 Å². The summed E-state index contributed by atoms with van der Waals surface area (Å²) in [5.41, 5.74) is 1.51. The molecule has 0 radical (unpaired) electrons. The number of benzene rings is 1. The molecule has 1 saturated carbocycles. The van der Waals surface area contributed by atoms with E-state index in [0.29, 0.717) is 13.1 Å². The maximum atomic E-state index is 12.3. The molecule has 1 heterocycles. The zero-order valence-corrected chi connectivity index (χ0v) is 17.0. The summed E-state index contributed by atoms with van der Waals surface area (Å²) in [6.07, 6.45) is 3.58. The van der Waals surface area contributed by atoms with E-state index in [-0.39, 0.29) is 11.2 Å². The Kier molecular flexibility index (Phi) is 5.33. The number of aliphatic imine (C=N–C) groups is 1. The molecular weight excluding hydrogens is 346 g/mol. The quantitative estimate of drug-likeness (QED) is 0.647. The number of hydrogen-bond donors (Lipinski definition) is 1. The van der Waals surface area contributed by atoms with Gasteiger partial charge < -0.3 is 10.2 Å². The van der Waals surface area contributed by atoms with E-state index in [1.54, 1.807) is 0 Å². The highest BCUT2D eigenvalue weighted by Crippen LogP contribution is 2.44. The van der Waals surface area contributed by atoms with Crippen molar-refractivity contribution in [1.82, 2.24) is 10.2 Å². The molecule has 26 heavy (non-hydrogen) atoms. The molecule has 5 nitrogen and oxygen atoms in total. The van der Waals surface area contributed by atoms with Gasteiger partial charge in [-0.3, -0.25) is 4.99 Å². The van der Waals surface area contributed by atoms with Gasteiger partial charge in [-0.25, -0.2) is 8.42 Å². The average molecular weight is 378 g/mol. The topological polar surface area (TPSA) is 61.8 Å². The second-order valence-corrected chi connectivity index (χ2v) is 10.9. The Balaban J connectivity index is 1.80. The smallest absolute Gasteiger partial charge is 0.194 e. The van der Waals surface area contributed by atoms with Crippen LogP contribution in [0.4, 0.5) is 0 Å². The maximum Gasteiger partial charge on any atom is 0.194 e. The molecule has 1 aromatic rings. The van der Waals surface area contributed by atoms with Crippen LogP contribution in [0.5, 0.6) is 0 Å². The highest BCUT2D eigenvalue weighted by molar-refractivity contribution is 7.92. The van der Waals surface area contributed by atoms with Crippen LogP contribution in [0.25, 0.3) is 0 Å². The van der Waals surface area contributed by atoms with Crippen LogP contribution in [-0.2, 0) is 15.3 Å². The fourth-order valence-corrected chi connectivity index (χ4v) is 5.28. The molecule has 2 fully saturated rings. The van der Waals surface area contributed by atoms with Crippen LogP contribution in [0.1, 0.15) is 45.6 Å². The summed E-state index contributed by atoms with van der Waals surface area (Å²) in [6.45, 7) is 8.21. The molecule has 6 heteroatoms. The number of nitrogens with one attached hydrogen (secondary N) is 1. The van der Waals surface area contributed by atoms with Crippen LogP contribution in [0.15, 0.2) is 35.3 Å². The fourth-order valence-electron chi connectivity index (χ4n) is 3.91.